The molecule has 11 heteroatoms. The van der Waals surface area contributed by atoms with Crippen LogP contribution in [0.5, 0.6) is 11.5 Å². The normalized spacial score (nSPS) is 15.8. The lowest BCUT2D eigenvalue weighted by molar-refractivity contribution is -0.385. The largest absolute Gasteiger partial charge is 0.497 e. The highest BCUT2D eigenvalue weighted by Gasteiger charge is 2.39. The molecule has 0 unspecified atom stereocenters. The van der Waals surface area contributed by atoms with Gasteiger partial charge in [0.25, 0.3) is 15.7 Å². The third kappa shape index (κ3) is 5.74. The van der Waals surface area contributed by atoms with Crippen molar-refractivity contribution in [2.75, 3.05) is 18.0 Å². The minimum absolute atomic E-state index is 0.211. The van der Waals surface area contributed by atoms with Crippen LogP contribution in [0, 0.1) is 17.0 Å². The van der Waals surface area contributed by atoms with E-state index in [1.165, 1.54) is 38.3 Å². The average Bonchev–Trinajstić information content (AvgIpc) is 2.95. The van der Waals surface area contributed by atoms with Crippen molar-refractivity contribution in [3.8, 4) is 11.5 Å². The van der Waals surface area contributed by atoms with Crippen molar-refractivity contribution in [1.29, 1.82) is 0 Å². The Morgan fingerprint density at radius 1 is 1.12 bits per heavy atom. The number of hydrogen-bond acceptors (Lipinski definition) is 7. The van der Waals surface area contributed by atoms with Gasteiger partial charge in [-0.2, -0.15) is 0 Å². The zero-order chi connectivity index (χ0) is 29.1. The first-order valence-electron chi connectivity index (χ1n) is 13.0. The molecule has 0 aromatic heterocycles. The van der Waals surface area contributed by atoms with Crippen molar-refractivity contribution in [3.63, 3.8) is 0 Å². The average molecular weight is 568 g/mol. The molecule has 40 heavy (non-hydrogen) atoms. The van der Waals surface area contributed by atoms with E-state index in [1.807, 2.05) is 38.1 Å². The molecule has 3 aromatic rings. The Kier molecular flexibility index (Phi) is 8.34. The Morgan fingerprint density at radius 3 is 2.42 bits per heavy atom. The lowest BCUT2D eigenvalue weighted by Gasteiger charge is -2.41. The Hall–Kier alpha value is -4.12. The molecule has 0 saturated carbocycles. The number of para-hydroxylation sites is 1. The number of carbonyl (C=O) groups excluding carboxylic acids is 1. The summed E-state index contributed by atoms with van der Waals surface area (Å²) in [4.78, 5) is 24.1. The fourth-order valence-corrected chi connectivity index (χ4v) is 6.38. The minimum Gasteiger partial charge on any atom is -0.497 e. The first kappa shape index (κ1) is 28.9. The van der Waals surface area contributed by atoms with E-state index in [0.717, 1.165) is 28.8 Å². The molecule has 0 fully saturated rings. The molecule has 1 aliphatic rings. The number of nitro groups is 1. The Morgan fingerprint density at radius 2 is 1.80 bits per heavy atom. The number of methoxy groups -OCH3 is 1. The zero-order valence-electron chi connectivity index (χ0n) is 22.9. The summed E-state index contributed by atoms with van der Waals surface area (Å²) >= 11 is 0. The topological polar surface area (TPSA) is 128 Å². The van der Waals surface area contributed by atoms with Crippen LogP contribution in [0.25, 0.3) is 0 Å². The number of rotatable bonds is 10. The van der Waals surface area contributed by atoms with Crippen LogP contribution in [0.2, 0.25) is 0 Å². The first-order valence-corrected chi connectivity index (χ1v) is 14.5. The van der Waals surface area contributed by atoms with Crippen LogP contribution in [0.15, 0.2) is 71.6 Å². The number of fused-ring (bicyclic) bond motifs is 1. The predicted molar refractivity (Wildman–Crippen MR) is 151 cm³/mol. The first-order chi connectivity index (χ1) is 19.0. The molecular formula is C29H33N3O7S. The highest BCUT2D eigenvalue weighted by atomic mass is 32.2. The van der Waals surface area contributed by atoms with Crippen LogP contribution < -0.4 is 19.1 Å². The van der Waals surface area contributed by atoms with Crippen LogP contribution in [-0.2, 0) is 14.8 Å². The summed E-state index contributed by atoms with van der Waals surface area (Å²) in [5.41, 5.74) is 0.569. The summed E-state index contributed by atoms with van der Waals surface area (Å²) in [7, 11) is -2.89. The monoisotopic (exact) mass is 567 g/mol. The van der Waals surface area contributed by atoms with E-state index in [4.69, 9.17) is 9.47 Å². The number of benzene rings is 3. The lowest BCUT2D eigenvalue weighted by atomic mass is 9.83. The summed E-state index contributed by atoms with van der Waals surface area (Å²) in [5, 5.41) is 14.5. The second-order valence-corrected chi connectivity index (χ2v) is 11.6. The Balaban J connectivity index is 1.70. The van der Waals surface area contributed by atoms with E-state index in [9.17, 15) is 23.3 Å². The van der Waals surface area contributed by atoms with E-state index in [0.29, 0.717) is 23.5 Å². The number of hydrogen-bond donors (Lipinski definition) is 1. The summed E-state index contributed by atoms with van der Waals surface area (Å²) in [6.45, 7) is 5.06. The van der Waals surface area contributed by atoms with Crippen LogP contribution in [0.3, 0.4) is 0 Å². The molecule has 0 saturated heterocycles. The fraction of sp³-hybridized carbons (Fsp3) is 0.345. The van der Waals surface area contributed by atoms with Crippen molar-refractivity contribution in [2.45, 2.75) is 56.6 Å². The summed E-state index contributed by atoms with van der Waals surface area (Å²) in [5.74, 6) is 0.670. The van der Waals surface area contributed by atoms with Gasteiger partial charge in [0.1, 0.15) is 23.6 Å². The van der Waals surface area contributed by atoms with E-state index in [2.05, 4.69) is 5.32 Å². The summed E-state index contributed by atoms with van der Waals surface area (Å²) in [6, 6.07) is 17.0. The number of aryl methyl sites for hydroxylation is 1. The van der Waals surface area contributed by atoms with Crippen molar-refractivity contribution < 1.29 is 27.6 Å². The van der Waals surface area contributed by atoms with E-state index in [-0.39, 0.29) is 16.3 Å². The number of ether oxygens (including phenoxy) is 2. The molecule has 3 aromatic carbocycles. The molecule has 1 aliphatic heterocycles. The fourth-order valence-electron chi connectivity index (χ4n) is 4.94. The number of nitro benzene ring substituents is 1. The minimum atomic E-state index is -4.37. The molecule has 0 radical (unpaired) electrons. The maximum Gasteiger partial charge on any atom is 0.273 e. The van der Waals surface area contributed by atoms with Gasteiger partial charge < -0.3 is 14.8 Å². The second-order valence-electron chi connectivity index (χ2n) is 9.77. The van der Waals surface area contributed by atoms with E-state index >= 15 is 0 Å². The molecule has 1 N–H and O–H groups in total. The Labute approximate surface area is 234 Å². The van der Waals surface area contributed by atoms with Gasteiger partial charge in [-0.3, -0.25) is 19.2 Å². The Bertz CT molecular complexity index is 1500. The SMILES string of the molecule is CCC1(CC)C[C@H](NC(=O)CN(c2ccc(OC)cc2)S(=O)(=O)c2ccc(C)c([N+](=O)[O-])c2)c2ccccc2O1. The maximum atomic E-state index is 13.9. The van der Waals surface area contributed by atoms with Gasteiger partial charge in [-0.15, -0.1) is 0 Å². The molecule has 1 heterocycles. The quantitative estimate of drug-likeness (QED) is 0.260. The molecule has 1 atom stereocenters. The molecule has 4 rings (SSSR count). The third-order valence-electron chi connectivity index (χ3n) is 7.43. The number of anilines is 1. The van der Waals surface area contributed by atoms with Gasteiger partial charge in [-0.05, 0) is 56.2 Å². The van der Waals surface area contributed by atoms with Gasteiger partial charge in [0.15, 0.2) is 0 Å². The highest BCUT2D eigenvalue weighted by Crippen LogP contribution is 2.42. The molecule has 212 valence electrons. The van der Waals surface area contributed by atoms with Crippen LogP contribution in [0.4, 0.5) is 11.4 Å². The third-order valence-corrected chi connectivity index (χ3v) is 9.20. The van der Waals surface area contributed by atoms with Gasteiger partial charge in [0, 0.05) is 23.6 Å². The molecule has 10 nitrogen and oxygen atoms in total. The lowest BCUT2D eigenvalue weighted by Crippen LogP contribution is -2.47. The summed E-state index contributed by atoms with van der Waals surface area (Å²) in [6.07, 6.45) is 2.01. The zero-order valence-corrected chi connectivity index (χ0v) is 23.7. The molecule has 0 bridgehead atoms. The number of nitrogens with zero attached hydrogens (tertiary/aromatic N) is 2. The van der Waals surface area contributed by atoms with Crippen molar-refractivity contribution in [1.82, 2.24) is 5.32 Å². The van der Waals surface area contributed by atoms with Gasteiger partial charge in [0.2, 0.25) is 5.91 Å². The van der Waals surface area contributed by atoms with Crippen molar-refractivity contribution >= 4 is 27.3 Å². The molecule has 0 aliphatic carbocycles. The second kappa shape index (κ2) is 11.5. The van der Waals surface area contributed by atoms with Gasteiger partial charge in [-0.1, -0.05) is 38.1 Å². The summed E-state index contributed by atoms with van der Waals surface area (Å²) < 4.78 is 40.2. The molecular weight excluding hydrogens is 534 g/mol. The number of nitrogens with one attached hydrogen (secondary N) is 1. The van der Waals surface area contributed by atoms with Gasteiger partial charge in [0.05, 0.1) is 28.7 Å². The van der Waals surface area contributed by atoms with Crippen molar-refractivity contribution in [3.05, 3.63) is 88.0 Å². The smallest absolute Gasteiger partial charge is 0.273 e. The predicted octanol–water partition coefficient (Wildman–Crippen LogP) is 5.31. The maximum absolute atomic E-state index is 13.9. The molecule has 1 amide bonds. The van der Waals surface area contributed by atoms with Gasteiger partial charge in [-0.25, -0.2) is 8.42 Å². The number of amides is 1. The van der Waals surface area contributed by atoms with Gasteiger partial charge >= 0.3 is 0 Å². The van der Waals surface area contributed by atoms with E-state index in [1.54, 1.807) is 12.1 Å². The van der Waals surface area contributed by atoms with Crippen molar-refractivity contribution in [2.24, 2.45) is 0 Å². The van der Waals surface area contributed by atoms with Crippen LogP contribution >= 0.6 is 0 Å². The standard InChI is InChI=1S/C29H33N3O7S/c1-5-29(6-2)18-25(24-9-7-8-10-27(24)39-29)30-28(33)19-31(21-12-14-22(38-4)15-13-21)40(36,37)23-16-11-20(3)26(17-23)32(34)35/h7-17,25H,5-6,18-19H2,1-4H3,(H,30,33)/t25-/m0/s1. The van der Waals surface area contributed by atoms with E-state index < -0.39 is 39.0 Å². The number of carbonyl (C=O) groups is 1. The van der Waals surface area contributed by atoms with Crippen LogP contribution in [0.1, 0.15) is 50.3 Å². The highest BCUT2D eigenvalue weighted by molar-refractivity contribution is 7.92. The number of sulfonamides is 1. The van der Waals surface area contributed by atoms with Crippen LogP contribution in [-0.4, -0.2) is 38.5 Å². The molecule has 0 spiro atoms.